The van der Waals surface area contributed by atoms with Crippen molar-refractivity contribution in [3.63, 3.8) is 0 Å². The van der Waals surface area contributed by atoms with Crippen molar-refractivity contribution in [2.24, 2.45) is 0 Å². The van der Waals surface area contributed by atoms with Gasteiger partial charge in [0.25, 0.3) is 0 Å². The summed E-state index contributed by atoms with van der Waals surface area (Å²) in [7, 11) is 0. The second kappa shape index (κ2) is 3.01. The minimum atomic E-state index is 0.116. The normalized spacial score (nSPS) is 7.00. The summed E-state index contributed by atoms with van der Waals surface area (Å²) in [5, 5.41) is 0. The van der Waals surface area contributed by atoms with E-state index in [9.17, 15) is 0 Å². The highest BCUT2D eigenvalue weighted by molar-refractivity contribution is 9.10. The van der Waals surface area contributed by atoms with Gasteiger partial charge in [0.1, 0.15) is 4.49 Å². The summed E-state index contributed by atoms with van der Waals surface area (Å²) in [6, 6.07) is 0. The average Bonchev–Trinajstić information content (AvgIpc) is 1.38. The van der Waals surface area contributed by atoms with Crippen molar-refractivity contribution in [2.75, 3.05) is 0 Å². The number of hydrogen-bond donors (Lipinski definition) is 0. The fourth-order valence-corrected chi connectivity index (χ4v) is 0. The smallest absolute Gasteiger partial charge is 0.0696 e. The van der Waals surface area contributed by atoms with E-state index in [2.05, 4.69) is 20.9 Å². The Morgan fingerprint density at radius 1 is 1.60 bits per heavy atom. The van der Waals surface area contributed by atoms with Crippen molar-refractivity contribution in [2.45, 2.75) is 0 Å². The molecule has 0 saturated carbocycles. The van der Waals surface area contributed by atoms with Crippen LogP contribution in [-0.2, 0) is 0 Å². The molecule has 0 amide bonds. The molecule has 0 aromatic rings. The molecule has 0 saturated heterocycles. The number of halogens is 3. The second-order valence-electron chi connectivity index (χ2n) is 0.355. The van der Waals surface area contributed by atoms with Gasteiger partial charge >= 0.3 is 0 Å². The zero-order valence-electron chi connectivity index (χ0n) is 2.13. The predicted molar refractivity (Wildman–Crippen MR) is 27.4 cm³/mol. The molecule has 0 atom stereocenters. The van der Waals surface area contributed by atoms with Crippen LogP contribution >= 0.6 is 39.1 Å². The van der Waals surface area contributed by atoms with Crippen molar-refractivity contribution in [3.05, 3.63) is 9.48 Å². The molecule has 0 aliphatic rings. The van der Waals surface area contributed by atoms with Gasteiger partial charge in [-0.15, -0.1) is 0 Å². The Kier molecular flexibility index (Phi) is 3.49. The summed E-state index contributed by atoms with van der Waals surface area (Å²) in [4.78, 5) is 2.29. The highest BCUT2D eigenvalue weighted by atomic mass is 79.9. The van der Waals surface area contributed by atoms with E-state index in [1.54, 1.807) is 0 Å². The third kappa shape index (κ3) is 4.80. The average molecular weight is 175 g/mol. The van der Waals surface area contributed by atoms with Gasteiger partial charge in [-0.2, -0.15) is 0 Å². The maximum atomic E-state index is 4.99. The number of hydrogen-bond acceptors (Lipinski definition) is 0. The molecule has 0 aliphatic heterocycles. The van der Waals surface area contributed by atoms with E-state index in [1.165, 1.54) is 0 Å². The summed E-state index contributed by atoms with van der Waals surface area (Å²) >= 11 is 12.7. The molecule has 0 aliphatic carbocycles. The fraction of sp³-hybridized carbons (Fsp3) is 0. The Balaban J connectivity index is 3.14. The van der Waals surface area contributed by atoms with E-state index in [0.29, 0.717) is 0 Å². The van der Waals surface area contributed by atoms with Gasteiger partial charge in [-0.05, 0) is 15.9 Å². The molecule has 0 rings (SSSR count). The summed E-state index contributed by atoms with van der Waals surface area (Å²) < 4.78 is 0.116. The van der Waals surface area contributed by atoms with Gasteiger partial charge in [0.2, 0.25) is 0 Å². The molecule has 0 spiro atoms. The molecule has 0 aromatic carbocycles. The van der Waals surface area contributed by atoms with Gasteiger partial charge in [-0.25, -0.2) is 0 Å². The molecule has 29 valence electrons. The first-order valence-electron chi connectivity index (χ1n) is 0.817. The largest absolute Gasteiger partial charge is 0.122 e. The minimum absolute atomic E-state index is 0.116. The molecular formula is C2BrCl2. The van der Waals surface area contributed by atoms with E-state index in [1.807, 2.05) is 0 Å². The van der Waals surface area contributed by atoms with Crippen molar-refractivity contribution in [1.82, 2.24) is 0 Å². The molecule has 0 aromatic heterocycles. The van der Waals surface area contributed by atoms with Gasteiger partial charge in [0.05, 0.1) is 4.99 Å². The molecule has 0 fully saturated rings. The summed E-state index contributed by atoms with van der Waals surface area (Å²) in [6.45, 7) is 0. The topological polar surface area (TPSA) is 0 Å². The summed E-state index contributed by atoms with van der Waals surface area (Å²) in [5.74, 6) is 0. The van der Waals surface area contributed by atoms with Crippen LogP contribution in [0.5, 0.6) is 0 Å². The SMILES string of the molecule is ClC(Cl)=[C]Br. The zero-order valence-corrected chi connectivity index (χ0v) is 5.23. The highest BCUT2D eigenvalue weighted by Crippen LogP contribution is 2.06. The predicted octanol–water partition coefficient (Wildman–Crippen LogP) is 2.46. The van der Waals surface area contributed by atoms with Gasteiger partial charge in [-0.1, -0.05) is 23.2 Å². The monoisotopic (exact) mass is 173 g/mol. The van der Waals surface area contributed by atoms with Crippen LogP contribution in [0, 0.1) is 4.99 Å². The van der Waals surface area contributed by atoms with Crippen LogP contribution in [0.25, 0.3) is 0 Å². The summed E-state index contributed by atoms with van der Waals surface area (Å²) in [6.07, 6.45) is 0. The third-order valence-electron chi connectivity index (χ3n) is 0.0714. The molecule has 0 N–H and O–H groups in total. The van der Waals surface area contributed by atoms with E-state index in [-0.39, 0.29) is 4.49 Å². The Bertz CT molecular complexity index is 45.6. The van der Waals surface area contributed by atoms with Crippen LogP contribution in [-0.4, -0.2) is 0 Å². The molecule has 1 radical (unpaired) electrons. The van der Waals surface area contributed by atoms with Gasteiger partial charge in [-0.3, -0.25) is 0 Å². The van der Waals surface area contributed by atoms with E-state index in [0.717, 1.165) is 0 Å². The Morgan fingerprint density at radius 3 is 1.80 bits per heavy atom. The van der Waals surface area contributed by atoms with Crippen molar-refractivity contribution < 1.29 is 0 Å². The first-order valence-corrected chi connectivity index (χ1v) is 2.37. The van der Waals surface area contributed by atoms with Crippen molar-refractivity contribution in [1.29, 1.82) is 0 Å². The molecule has 0 heterocycles. The van der Waals surface area contributed by atoms with Gasteiger partial charge < -0.3 is 0 Å². The quantitative estimate of drug-likeness (QED) is 0.530. The highest BCUT2D eigenvalue weighted by Gasteiger charge is 1.71. The first-order chi connectivity index (χ1) is 2.27. The van der Waals surface area contributed by atoms with E-state index >= 15 is 0 Å². The maximum absolute atomic E-state index is 4.99. The Hall–Kier alpha value is 0.800. The molecule has 0 bridgehead atoms. The molecule has 0 unspecified atom stereocenters. The van der Waals surface area contributed by atoms with Gasteiger partial charge in [0.15, 0.2) is 0 Å². The van der Waals surface area contributed by atoms with E-state index in [4.69, 9.17) is 23.2 Å². The third-order valence-corrected chi connectivity index (χ3v) is 1.11. The second-order valence-corrected chi connectivity index (χ2v) is 1.70. The van der Waals surface area contributed by atoms with Crippen LogP contribution in [0.1, 0.15) is 0 Å². The van der Waals surface area contributed by atoms with Crippen LogP contribution in [0.3, 0.4) is 0 Å². The maximum Gasteiger partial charge on any atom is 0.122 e. The Morgan fingerprint density at radius 2 is 1.80 bits per heavy atom. The van der Waals surface area contributed by atoms with Crippen LogP contribution in [0.4, 0.5) is 0 Å². The Labute approximate surface area is 48.9 Å². The lowest BCUT2D eigenvalue weighted by atomic mass is 11.3. The molecule has 5 heavy (non-hydrogen) atoms. The van der Waals surface area contributed by atoms with Crippen molar-refractivity contribution >= 4 is 39.1 Å². The zero-order chi connectivity index (χ0) is 4.28. The standard InChI is InChI=1S/C2BrCl2/c3-1-2(4)5. The lowest BCUT2D eigenvalue weighted by Gasteiger charge is -1.63. The van der Waals surface area contributed by atoms with Gasteiger partial charge in [0, 0.05) is 0 Å². The van der Waals surface area contributed by atoms with Crippen LogP contribution in [0.2, 0.25) is 0 Å². The van der Waals surface area contributed by atoms with E-state index < -0.39 is 0 Å². The summed E-state index contributed by atoms with van der Waals surface area (Å²) in [5.41, 5.74) is 0. The minimum Gasteiger partial charge on any atom is -0.0696 e. The van der Waals surface area contributed by atoms with Crippen molar-refractivity contribution in [3.8, 4) is 0 Å². The lowest BCUT2D eigenvalue weighted by molar-refractivity contribution is 2.31. The molecular weight excluding hydrogens is 175 g/mol. The molecule has 3 heteroatoms. The number of rotatable bonds is 0. The van der Waals surface area contributed by atoms with Crippen LogP contribution in [0.15, 0.2) is 4.49 Å². The first kappa shape index (κ1) is 5.80. The molecule has 0 nitrogen and oxygen atoms in total. The fourth-order valence-electron chi connectivity index (χ4n) is 0. The van der Waals surface area contributed by atoms with Crippen LogP contribution < -0.4 is 0 Å². The lowest BCUT2D eigenvalue weighted by Crippen LogP contribution is -1.34.